The zero-order chi connectivity index (χ0) is 29.5. The van der Waals surface area contributed by atoms with Crippen molar-refractivity contribution in [1.29, 1.82) is 0 Å². The van der Waals surface area contributed by atoms with Gasteiger partial charge < -0.3 is 10.6 Å². The first-order valence-corrected chi connectivity index (χ1v) is 17.4. The van der Waals surface area contributed by atoms with Crippen molar-refractivity contribution < 1.29 is 16.8 Å². The molecule has 2 aromatic rings. The molecule has 0 bridgehead atoms. The van der Waals surface area contributed by atoms with Gasteiger partial charge in [-0.05, 0) is 62.8 Å². The summed E-state index contributed by atoms with van der Waals surface area (Å²) in [7, 11) is -7.26. The molecule has 4 atom stereocenters. The molecule has 1 saturated carbocycles. The number of hydrogen-bond acceptors (Lipinski definition) is 6. The van der Waals surface area contributed by atoms with Crippen LogP contribution in [0, 0.1) is 25.7 Å². The van der Waals surface area contributed by atoms with Crippen LogP contribution in [0.25, 0.3) is 0 Å². The molecule has 224 valence electrons. The van der Waals surface area contributed by atoms with E-state index in [4.69, 9.17) is 0 Å². The third-order valence-electron chi connectivity index (χ3n) is 7.85. The molecular formula is C30H48N4O4S2. The van der Waals surface area contributed by atoms with Crippen molar-refractivity contribution in [3.63, 3.8) is 0 Å². The van der Waals surface area contributed by atoms with Crippen LogP contribution in [0.2, 0.25) is 0 Å². The lowest BCUT2D eigenvalue weighted by atomic mass is 9.89. The number of rotatable bonds is 14. The van der Waals surface area contributed by atoms with Crippen LogP contribution in [0.1, 0.15) is 64.5 Å². The number of hydrogen-bond donors (Lipinski definition) is 4. The average molecular weight is 593 g/mol. The molecule has 0 spiro atoms. The molecule has 0 amide bonds. The van der Waals surface area contributed by atoms with Crippen molar-refractivity contribution in [1.82, 2.24) is 20.1 Å². The van der Waals surface area contributed by atoms with Gasteiger partial charge in [0.05, 0.1) is 9.79 Å². The smallest absolute Gasteiger partial charge is 0.240 e. The standard InChI is InChI=1S/C30H48N4O4S2/c1-21(2)29(33-39(35,36)25-15-11-23(5)12-16-25)19-31-27-9-7-8-10-28(27)32-20-30(22(3)4)34-40(37,38)26-17-13-24(6)14-18-26/h11-18,21-22,27-34H,7-10,19-20H2,1-6H3/t27-,28-,29-,30-/m1/s1. The summed E-state index contributed by atoms with van der Waals surface area (Å²) in [5, 5.41) is 7.28. The van der Waals surface area contributed by atoms with E-state index in [1.807, 2.05) is 41.5 Å². The molecule has 10 heteroatoms. The molecule has 0 aliphatic heterocycles. The van der Waals surface area contributed by atoms with Gasteiger partial charge in [-0.25, -0.2) is 26.3 Å². The minimum atomic E-state index is -3.63. The summed E-state index contributed by atoms with van der Waals surface area (Å²) >= 11 is 0. The van der Waals surface area contributed by atoms with Crippen LogP contribution >= 0.6 is 0 Å². The van der Waals surface area contributed by atoms with E-state index in [9.17, 15) is 16.8 Å². The predicted octanol–water partition coefficient (Wildman–Crippen LogP) is 4.10. The highest BCUT2D eigenvalue weighted by Gasteiger charge is 2.29. The summed E-state index contributed by atoms with van der Waals surface area (Å²) in [6, 6.07) is 13.6. The van der Waals surface area contributed by atoms with Gasteiger partial charge in [0.15, 0.2) is 0 Å². The zero-order valence-electron chi connectivity index (χ0n) is 24.8. The third-order valence-corrected chi connectivity index (χ3v) is 10.9. The normalized spacial score (nSPS) is 20.1. The lowest BCUT2D eigenvalue weighted by Gasteiger charge is -2.36. The molecule has 8 nitrogen and oxygen atoms in total. The first-order chi connectivity index (χ1) is 18.8. The van der Waals surface area contributed by atoms with E-state index in [2.05, 4.69) is 20.1 Å². The van der Waals surface area contributed by atoms with Gasteiger partial charge in [0.25, 0.3) is 0 Å². The van der Waals surface area contributed by atoms with Crippen LogP contribution < -0.4 is 20.1 Å². The summed E-state index contributed by atoms with van der Waals surface area (Å²) in [6.45, 7) is 13.0. The maximum Gasteiger partial charge on any atom is 0.240 e. The Labute approximate surface area is 242 Å². The largest absolute Gasteiger partial charge is 0.311 e. The van der Waals surface area contributed by atoms with E-state index >= 15 is 0 Å². The summed E-state index contributed by atoms with van der Waals surface area (Å²) < 4.78 is 58.0. The highest BCUT2D eigenvalue weighted by molar-refractivity contribution is 7.89. The fourth-order valence-electron chi connectivity index (χ4n) is 4.97. The van der Waals surface area contributed by atoms with Crippen LogP contribution in [-0.4, -0.2) is 54.1 Å². The Balaban J connectivity index is 1.62. The molecule has 2 aromatic carbocycles. The average Bonchev–Trinajstić information content (AvgIpc) is 2.89. The third kappa shape index (κ3) is 9.36. The Morgan fingerprint density at radius 3 is 1.25 bits per heavy atom. The first kappa shape index (κ1) is 32.7. The van der Waals surface area contributed by atoms with E-state index in [1.165, 1.54) is 0 Å². The van der Waals surface area contributed by atoms with Crippen molar-refractivity contribution in [3.8, 4) is 0 Å². The van der Waals surface area contributed by atoms with Crippen molar-refractivity contribution in [3.05, 3.63) is 59.7 Å². The van der Waals surface area contributed by atoms with Crippen LogP contribution in [0.3, 0.4) is 0 Å². The summed E-state index contributed by atoms with van der Waals surface area (Å²) in [6.07, 6.45) is 4.17. The SMILES string of the molecule is Cc1ccc(S(=O)(=O)N[C@H](CN[C@@H]2CCCC[C@H]2NC[C@@H](NS(=O)(=O)c2ccc(C)cc2)C(C)C)C(C)C)cc1. The van der Waals surface area contributed by atoms with Crippen molar-refractivity contribution in [2.45, 2.75) is 101 Å². The van der Waals surface area contributed by atoms with Crippen LogP contribution in [-0.2, 0) is 20.0 Å². The Morgan fingerprint density at radius 1 is 0.625 bits per heavy atom. The fraction of sp³-hybridized carbons (Fsp3) is 0.600. The van der Waals surface area contributed by atoms with Crippen molar-refractivity contribution in [2.75, 3.05) is 13.1 Å². The van der Waals surface area contributed by atoms with E-state index in [0.717, 1.165) is 36.8 Å². The topological polar surface area (TPSA) is 116 Å². The molecule has 1 aliphatic carbocycles. The maximum atomic E-state index is 13.0. The number of benzene rings is 2. The number of aryl methyl sites for hydroxylation is 2. The quantitative estimate of drug-likeness (QED) is 0.263. The molecule has 0 saturated heterocycles. The minimum absolute atomic E-state index is 0.101. The summed E-state index contributed by atoms with van der Waals surface area (Å²) in [5.74, 6) is 0.202. The van der Waals surface area contributed by atoms with Crippen LogP contribution in [0.4, 0.5) is 0 Å². The fourth-order valence-corrected chi connectivity index (χ4v) is 7.74. The van der Waals surface area contributed by atoms with Gasteiger partial charge in [-0.2, -0.15) is 0 Å². The zero-order valence-corrected chi connectivity index (χ0v) is 26.4. The highest BCUT2D eigenvalue weighted by atomic mass is 32.2. The van der Waals surface area contributed by atoms with Gasteiger partial charge in [0, 0.05) is 37.3 Å². The Bertz CT molecular complexity index is 1180. The Hall–Kier alpha value is -1.82. The van der Waals surface area contributed by atoms with E-state index in [0.29, 0.717) is 13.1 Å². The first-order valence-electron chi connectivity index (χ1n) is 14.4. The second kappa shape index (κ2) is 14.4. The molecule has 1 aliphatic rings. The molecule has 4 N–H and O–H groups in total. The van der Waals surface area contributed by atoms with Gasteiger partial charge in [0.2, 0.25) is 20.0 Å². The maximum absolute atomic E-state index is 13.0. The molecule has 0 radical (unpaired) electrons. The van der Waals surface area contributed by atoms with Gasteiger partial charge in [0.1, 0.15) is 0 Å². The lowest BCUT2D eigenvalue weighted by Crippen LogP contribution is -2.56. The summed E-state index contributed by atoms with van der Waals surface area (Å²) in [4.78, 5) is 0.544. The second-order valence-corrected chi connectivity index (χ2v) is 15.3. The molecule has 0 aromatic heterocycles. The molecule has 0 unspecified atom stereocenters. The van der Waals surface area contributed by atoms with Crippen molar-refractivity contribution in [2.24, 2.45) is 11.8 Å². The Kier molecular flexibility index (Phi) is 11.8. The minimum Gasteiger partial charge on any atom is -0.311 e. The molecule has 3 rings (SSSR count). The number of nitrogens with one attached hydrogen (secondary N) is 4. The van der Waals surface area contributed by atoms with E-state index in [-0.39, 0.29) is 45.8 Å². The van der Waals surface area contributed by atoms with Gasteiger partial charge >= 0.3 is 0 Å². The molecule has 0 heterocycles. The van der Waals surface area contributed by atoms with Gasteiger partial charge in [-0.15, -0.1) is 0 Å². The number of sulfonamides is 2. The molecular weight excluding hydrogens is 544 g/mol. The van der Waals surface area contributed by atoms with Crippen LogP contribution in [0.5, 0.6) is 0 Å². The van der Waals surface area contributed by atoms with Crippen molar-refractivity contribution >= 4 is 20.0 Å². The van der Waals surface area contributed by atoms with Gasteiger partial charge in [-0.3, -0.25) is 0 Å². The highest BCUT2D eigenvalue weighted by Crippen LogP contribution is 2.20. The monoisotopic (exact) mass is 592 g/mol. The van der Waals surface area contributed by atoms with Crippen LogP contribution in [0.15, 0.2) is 58.3 Å². The predicted molar refractivity (Wildman–Crippen MR) is 162 cm³/mol. The Morgan fingerprint density at radius 2 is 0.950 bits per heavy atom. The second-order valence-electron chi connectivity index (χ2n) is 11.9. The van der Waals surface area contributed by atoms with E-state index < -0.39 is 20.0 Å². The van der Waals surface area contributed by atoms with Gasteiger partial charge in [-0.1, -0.05) is 75.9 Å². The van der Waals surface area contributed by atoms with E-state index in [1.54, 1.807) is 48.5 Å². The summed E-state index contributed by atoms with van der Waals surface area (Å²) in [5.41, 5.74) is 2.03. The molecule has 40 heavy (non-hydrogen) atoms. The molecule has 1 fully saturated rings. The lowest BCUT2D eigenvalue weighted by molar-refractivity contribution is 0.260.